The molecular formula is C70H64BN3OS. The van der Waals surface area contributed by atoms with E-state index in [0.29, 0.717) is 0 Å². The molecule has 0 saturated heterocycles. The topological polar surface area (TPSA) is 24.6 Å². The fraction of sp³-hybridized carbons (Fsp3) is 0.229. The predicted octanol–water partition coefficient (Wildman–Crippen LogP) is 18.9. The van der Waals surface area contributed by atoms with E-state index in [1.165, 1.54) is 109 Å². The first-order valence-electron chi connectivity index (χ1n) is 27.2. The Hall–Kier alpha value is -7.54. The first kappa shape index (κ1) is 47.0. The van der Waals surface area contributed by atoms with Crippen molar-refractivity contribution in [1.29, 1.82) is 0 Å². The third-order valence-corrected chi connectivity index (χ3v) is 17.9. The number of aromatic nitrogens is 1. The fourth-order valence-corrected chi connectivity index (χ4v) is 13.8. The SMILES string of the molecule is CC(C)(C)c1ccc(N2B3c4cc(C(C)(C)C)ccc4-n4c5cc(N(c6ccc(C(C)(C)C)cc6)c6ccc(C(C)(C)C)cc6)ccc5c5c6c(oc7ccccc76)c(c3c54)-c3cc4sc5ccccc5c4cc32)cc1. The lowest BCUT2D eigenvalue weighted by Gasteiger charge is -2.42. The highest BCUT2D eigenvalue weighted by molar-refractivity contribution is 7.25. The summed E-state index contributed by atoms with van der Waals surface area (Å²) >= 11 is 1.89. The van der Waals surface area contributed by atoms with E-state index < -0.39 is 0 Å². The van der Waals surface area contributed by atoms with E-state index in [0.717, 1.165) is 33.6 Å². The van der Waals surface area contributed by atoms with Gasteiger partial charge < -0.3 is 18.7 Å². The summed E-state index contributed by atoms with van der Waals surface area (Å²) in [5.74, 6) is 0. The van der Waals surface area contributed by atoms with Crippen LogP contribution in [0.25, 0.3) is 80.7 Å². The standard InChI is InChI=1S/C70H64BN3OS/c1-67(2,3)41-21-28-45(29-22-41)72(46-30-23-42(24-31-46)68(4,5)6)48-34-35-50-56(38-48)73-55-36-27-44(70(10,11)12)37-54(55)71-64-63(66-62(61(50)65(64)73)51-18-13-15-19-58(51)75-66)53-40-60-52(49-17-14-16-20-59(49)76-60)39-57(53)74(71)47-32-25-43(26-33-47)69(7,8)9/h13-40H,1-12H3. The maximum absolute atomic E-state index is 7.39. The van der Waals surface area contributed by atoms with Crippen molar-refractivity contribution in [1.82, 2.24) is 4.57 Å². The van der Waals surface area contributed by atoms with Crippen LogP contribution >= 0.6 is 11.3 Å². The van der Waals surface area contributed by atoms with Crippen molar-refractivity contribution in [2.45, 2.75) is 105 Å². The molecule has 374 valence electrons. The second kappa shape index (κ2) is 16.0. The van der Waals surface area contributed by atoms with E-state index in [1.807, 2.05) is 11.3 Å². The van der Waals surface area contributed by atoms with Gasteiger partial charge in [-0.2, -0.15) is 0 Å². The van der Waals surface area contributed by atoms with Gasteiger partial charge >= 0.3 is 6.85 Å². The maximum atomic E-state index is 7.39. The smallest absolute Gasteiger partial charge is 0.333 e. The van der Waals surface area contributed by atoms with E-state index in [9.17, 15) is 0 Å². The highest BCUT2D eigenvalue weighted by Crippen LogP contribution is 2.54. The second-order valence-electron chi connectivity index (χ2n) is 25.8. The van der Waals surface area contributed by atoms with Gasteiger partial charge in [-0.05, 0) is 134 Å². The van der Waals surface area contributed by atoms with Crippen molar-refractivity contribution in [2.24, 2.45) is 0 Å². The average Bonchev–Trinajstić information content (AvgIpc) is 4.14. The van der Waals surface area contributed by atoms with Gasteiger partial charge in [0.1, 0.15) is 11.2 Å². The van der Waals surface area contributed by atoms with Crippen molar-refractivity contribution in [3.63, 3.8) is 0 Å². The summed E-state index contributed by atoms with van der Waals surface area (Å²) in [5.41, 5.74) is 21.4. The van der Waals surface area contributed by atoms with E-state index in [4.69, 9.17) is 4.42 Å². The summed E-state index contributed by atoms with van der Waals surface area (Å²) in [6, 6.07) is 65.1. The minimum Gasteiger partial charge on any atom is -0.455 e. The third-order valence-electron chi connectivity index (χ3n) is 16.8. The van der Waals surface area contributed by atoms with Crippen LogP contribution in [0.2, 0.25) is 0 Å². The highest BCUT2D eigenvalue weighted by Gasteiger charge is 2.47. The molecule has 3 aromatic heterocycles. The number of furan rings is 1. The largest absolute Gasteiger partial charge is 0.455 e. The number of benzene rings is 9. The molecule has 4 nitrogen and oxygen atoms in total. The van der Waals surface area contributed by atoms with Gasteiger partial charge in [-0.15, -0.1) is 11.3 Å². The molecule has 0 atom stereocenters. The Kier molecular flexibility index (Phi) is 9.89. The van der Waals surface area contributed by atoms with Gasteiger partial charge in [-0.1, -0.05) is 174 Å². The van der Waals surface area contributed by atoms with Crippen LogP contribution < -0.4 is 20.6 Å². The number of hydrogen-bond acceptors (Lipinski definition) is 4. The average molecular weight is 1010 g/mol. The molecule has 0 bridgehead atoms. The molecular weight excluding hydrogens is 942 g/mol. The van der Waals surface area contributed by atoms with Crippen molar-refractivity contribution in [3.05, 3.63) is 192 Å². The van der Waals surface area contributed by atoms with Crippen molar-refractivity contribution in [2.75, 3.05) is 9.71 Å². The maximum Gasteiger partial charge on any atom is 0.333 e. The van der Waals surface area contributed by atoms with Gasteiger partial charge in [-0.25, -0.2) is 0 Å². The number of fused-ring (bicyclic) bond motifs is 16. The molecule has 0 amide bonds. The predicted molar refractivity (Wildman–Crippen MR) is 329 cm³/mol. The van der Waals surface area contributed by atoms with Gasteiger partial charge in [0, 0.05) is 87.0 Å². The first-order chi connectivity index (χ1) is 36.2. The molecule has 0 aliphatic carbocycles. The second-order valence-corrected chi connectivity index (χ2v) is 26.9. The number of rotatable bonds is 4. The van der Waals surface area contributed by atoms with Gasteiger partial charge in [0.2, 0.25) is 0 Å². The van der Waals surface area contributed by atoms with Gasteiger partial charge in [0.15, 0.2) is 0 Å². The van der Waals surface area contributed by atoms with Crippen molar-refractivity contribution < 1.29 is 4.42 Å². The Morgan fingerprint density at radius 2 is 1.03 bits per heavy atom. The van der Waals surface area contributed by atoms with Gasteiger partial charge in [0.05, 0.1) is 11.0 Å². The molecule has 0 N–H and O–H groups in total. The van der Waals surface area contributed by atoms with Crippen LogP contribution in [0, 0.1) is 0 Å². The normalized spacial score (nSPS) is 13.7. The van der Waals surface area contributed by atoms with Crippen LogP contribution in [-0.2, 0) is 21.7 Å². The molecule has 14 rings (SSSR count). The summed E-state index contributed by atoms with van der Waals surface area (Å²) < 4.78 is 12.6. The lowest BCUT2D eigenvalue weighted by atomic mass is 9.43. The number of anilines is 5. The van der Waals surface area contributed by atoms with Crippen LogP contribution in [0.5, 0.6) is 0 Å². The molecule has 0 saturated carbocycles. The molecule has 9 aromatic carbocycles. The Morgan fingerprint density at radius 1 is 0.461 bits per heavy atom. The number of nitrogens with zero attached hydrogens (tertiary/aromatic N) is 3. The van der Waals surface area contributed by atoms with Crippen LogP contribution in [0.3, 0.4) is 0 Å². The molecule has 0 radical (unpaired) electrons. The van der Waals surface area contributed by atoms with Crippen LogP contribution in [0.1, 0.15) is 105 Å². The molecule has 5 heterocycles. The summed E-state index contributed by atoms with van der Waals surface area (Å²) in [7, 11) is 0. The molecule has 6 heteroatoms. The Bertz CT molecular complexity index is 4310. The molecule has 0 spiro atoms. The molecule has 76 heavy (non-hydrogen) atoms. The van der Waals surface area contributed by atoms with E-state index in [2.05, 4.69) is 267 Å². The summed E-state index contributed by atoms with van der Waals surface area (Å²) in [6.07, 6.45) is 0. The zero-order chi connectivity index (χ0) is 52.5. The number of hydrogen-bond donors (Lipinski definition) is 0. The lowest BCUT2D eigenvalue weighted by Crippen LogP contribution is -2.60. The van der Waals surface area contributed by atoms with Crippen LogP contribution in [0.15, 0.2) is 174 Å². The van der Waals surface area contributed by atoms with Crippen molar-refractivity contribution >= 4 is 121 Å². The van der Waals surface area contributed by atoms with E-state index >= 15 is 0 Å². The summed E-state index contributed by atoms with van der Waals surface area (Å²) in [5, 5.41) is 7.34. The quantitative estimate of drug-likeness (QED) is 0.164. The number of thiophene rings is 1. The van der Waals surface area contributed by atoms with Crippen LogP contribution in [0.4, 0.5) is 28.4 Å². The zero-order valence-electron chi connectivity index (χ0n) is 45.9. The summed E-state index contributed by atoms with van der Waals surface area (Å²) in [6.45, 7) is 27.5. The minimum atomic E-state index is -0.182. The molecule has 0 fully saturated rings. The van der Waals surface area contributed by atoms with Crippen LogP contribution in [-0.4, -0.2) is 11.4 Å². The lowest BCUT2D eigenvalue weighted by molar-refractivity contribution is 0.590. The van der Waals surface area contributed by atoms with Gasteiger partial charge in [0.25, 0.3) is 0 Å². The monoisotopic (exact) mass is 1010 g/mol. The molecule has 12 aromatic rings. The summed E-state index contributed by atoms with van der Waals surface area (Å²) in [4.78, 5) is 5.14. The van der Waals surface area contributed by atoms with Crippen molar-refractivity contribution in [3.8, 4) is 16.8 Å². The Balaban J connectivity index is 1.14. The fourth-order valence-electron chi connectivity index (χ4n) is 12.7. The molecule has 2 aliphatic heterocycles. The first-order valence-corrected chi connectivity index (χ1v) is 28.0. The minimum absolute atomic E-state index is 0.00588. The van der Waals surface area contributed by atoms with Gasteiger partial charge in [-0.3, -0.25) is 0 Å². The Morgan fingerprint density at radius 3 is 1.66 bits per heavy atom. The zero-order valence-corrected chi connectivity index (χ0v) is 46.7. The van der Waals surface area contributed by atoms with E-state index in [1.54, 1.807) is 0 Å². The number of para-hydroxylation sites is 1. The molecule has 0 unspecified atom stereocenters. The third kappa shape index (κ3) is 6.95. The highest BCUT2D eigenvalue weighted by atomic mass is 32.1. The van der Waals surface area contributed by atoms with E-state index in [-0.39, 0.29) is 28.5 Å². The Labute approximate surface area is 451 Å². The molecule has 2 aliphatic rings.